The van der Waals surface area contributed by atoms with E-state index in [0.717, 1.165) is 35.3 Å². The molecule has 22 heavy (non-hydrogen) atoms. The fraction of sp³-hybridized carbons (Fsp3) is 0.421. The van der Waals surface area contributed by atoms with Gasteiger partial charge in [0.05, 0.1) is 18.8 Å². The van der Waals surface area contributed by atoms with E-state index in [1.165, 1.54) is 20.0 Å². The highest BCUT2D eigenvalue weighted by atomic mass is 16.5. The van der Waals surface area contributed by atoms with Gasteiger partial charge in [-0.15, -0.1) is 0 Å². The molecule has 0 heterocycles. The van der Waals surface area contributed by atoms with Gasteiger partial charge in [0.15, 0.2) is 0 Å². The van der Waals surface area contributed by atoms with Gasteiger partial charge in [0.2, 0.25) is 0 Å². The van der Waals surface area contributed by atoms with Gasteiger partial charge in [-0.1, -0.05) is 19.1 Å². The first-order valence-electron chi connectivity index (χ1n) is 7.94. The molecule has 0 aromatic heterocycles. The van der Waals surface area contributed by atoms with Crippen LogP contribution in [0.15, 0.2) is 36.4 Å². The molecule has 0 saturated heterocycles. The van der Waals surface area contributed by atoms with Crippen molar-refractivity contribution in [1.82, 2.24) is 0 Å². The molecule has 1 fully saturated rings. The van der Waals surface area contributed by atoms with Crippen LogP contribution in [0.4, 0.5) is 0 Å². The lowest BCUT2D eigenvalue weighted by Crippen LogP contribution is -2.22. The molecule has 0 aliphatic heterocycles. The van der Waals surface area contributed by atoms with Gasteiger partial charge in [-0.3, -0.25) is 0 Å². The lowest BCUT2D eigenvalue weighted by molar-refractivity contribution is 0.0601. The van der Waals surface area contributed by atoms with E-state index >= 15 is 0 Å². The molecule has 3 rings (SSSR count). The third kappa shape index (κ3) is 3.24. The second-order valence-corrected chi connectivity index (χ2v) is 6.22. The lowest BCUT2D eigenvalue weighted by Gasteiger charge is -2.27. The zero-order chi connectivity index (χ0) is 15.5. The Hall–Kier alpha value is -2.03. The van der Waals surface area contributed by atoms with Gasteiger partial charge in [-0.05, 0) is 66.6 Å². The lowest BCUT2D eigenvalue weighted by atomic mass is 9.89. The maximum atomic E-state index is 11.6. The molecule has 3 nitrogen and oxygen atoms in total. The Morgan fingerprint density at radius 1 is 1.00 bits per heavy atom. The van der Waals surface area contributed by atoms with Crippen molar-refractivity contribution in [2.45, 2.75) is 38.7 Å². The Labute approximate surface area is 131 Å². The van der Waals surface area contributed by atoms with E-state index in [9.17, 15) is 4.79 Å². The summed E-state index contributed by atoms with van der Waals surface area (Å²) in [6.07, 6.45) is 5.12. The van der Waals surface area contributed by atoms with Crippen molar-refractivity contribution in [2.75, 3.05) is 7.11 Å². The third-order valence-corrected chi connectivity index (χ3v) is 4.50. The van der Waals surface area contributed by atoms with Crippen LogP contribution < -0.4 is 4.74 Å². The number of esters is 1. The Balaban J connectivity index is 1.77. The van der Waals surface area contributed by atoms with Crippen LogP contribution in [-0.2, 0) is 4.74 Å². The summed E-state index contributed by atoms with van der Waals surface area (Å²) in [5.41, 5.74) is 0.574. The summed E-state index contributed by atoms with van der Waals surface area (Å²) in [6.45, 7) is 2.31. The summed E-state index contributed by atoms with van der Waals surface area (Å²) in [5, 5.41) is 2.10. The Kier molecular flexibility index (Phi) is 4.32. The number of methoxy groups -OCH3 is 1. The normalized spacial score (nSPS) is 21.5. The first kappa shape index (κ1) is 14.9. The van der Waals surface area contributed by atoms with Gasteiger partial charge >= 0.3 is 5.97 Å². The van der Waals surface area contributed by atoms with Crippen molar-refractivity contribution in [1.29, 1.82) is 0 Å². The summed E-state index contributed by atoms with van der Waals surface area (Å²) in [7, 11) is 1.40. The number of hydrogen-bond donors (Lipinski definition) is 0. The molecule has 2 aromatic rings. The zero-order valence-corrected chi connectivity index (χ0v) is 13.2. The van der Waals surface area contributed by atoms with Gasteiger partial charge in [-0.2, -0.15) is 0 Å². The van der Waals surface area contributed by atoms with Crippen LogP contribution in [0, 0.1) is 5.92 Å². The predicted octanol–water partition coefficient (Wildman–Crippen LogP) is 4.58. The summed E-state index contributed by atoms with van der Waals surface area (Å²) in [6, 6.07) is 11.6. The molecule has 116 valence electrons. The van der Waals surface area contributed by atoms with E-state index in [1.807, 2.05) is 24.3 Å². The van der Waals surface area contributed by atoms with Crippen LogP contribution in [0.5, 0.6) is 5.75 Å². The smallest absolute Gasteiger partial charge is 0.337 e. The highest BCUT2D eigenvalue weighted by Gasteiger charge is 2.19. The average molecular weight is 298 g/mol. The number of fused-ring (bicyclic) bond motifs is 1. The molecule has 1 aliphatic rings. The number of rotatable bonds is 3. The summed E-state index contributed by atoms with van der Waals surface area (Å²) >= 11 is 0. The Bertz CT molecular complexity index is 669. The summed E-state index contributed by atoms with van der Waals surface area (Å²) in [5.74, 6) is 1.43. The quantitative estimate of drug-likeness (QED) is 0.778. The van der Waals surface area contributed by atoms with Crippen LogP contribution in [0.25, 0.3) is 10.8 Å². The van der Waals surface area contributed by atoms with E-state index < -0.39 is 0 Å². The highest BCUT2D eigenvalue weighted by molar-refractivity contribution is 5.95. The minimum Gasteiger partial charge on any atom is -0.490 e. The monoisotopic (exact) mass is 298 g/mol. The largest absolute Gasteiger partial charge is 0.490 e. The minimum absolute atomic E-state index is 0.307. The topological polar surface area (TPSA) is 35.5 Å². The zero-order valence-electron chi connectivity index (χ0n) is 13.2. The second kappa shape index (κ2) is 6.39. The molecule has 1 saturated carbocycles. The number of hydrogen-bond acceptors (Lipinski definition) is 3. The second-order valence-electron chi connectivity index (χ2n) is 6.22. The predicted molar refractivity (Wildman–Crippen MR) is 87.3 cm³/mol. The minimum atomic E-state index is -0.307. The van der Waals surface area contributed by atoms with Crippen LogP contribution in [0.3, 0.4) is 0 Å². The number of carbonyl (C=O) groups is 1. The molecular formula is C19H22O3. The first-order valence-corrected chi connectivity index (χ1v) is 7.94. The summed E-state index contributed by atoms with van der Waals surface area (Å²) < 4.78 is 10.9. The fourth-order valence-corrected chi connectivity index (χ4v) is 3.08. The molecule has 3 heteroatoms. The van der Waals surface area contributed by atoms with Crippen LogP contribution in [-0.4, -0.2) is 19.2 Å². The molecule has 0 N–H and O–H groups in total. The molecule has 0 atom stereocenters. The van der Waals surface area contributed by atoms with Gasteiger partial charge < -0.3 is 9.47 Å². The Morgan fingerprint density at radius 2 is 1.68 bits per heavy atom. The van der Waals surface area contributed by atoms with Crippen LogP contribution >= 0.6 is 0 Å². The van der Waals surface area contributed by atoms with Crippen molar-refractivity contribution < 1.29 is 14.3 Å². The van der Waals surface area contributed by atoms with Gasteiger partial charge in [-0.25, -0.2) is 4.79 Å². The van der Waals surface area contributed by atoms with Crippen molar-refractivity contribution in [3.05, 3.63) is 42.0 Å². The SMILES string of the molecule is COC(=O)c1ccc2cc(OC3CCC(C)CC3)ccc2c1. The molecular weight excluding hydrogens is 276 g/mol. The van der Waals surface area contributed by atoms with Gasteiger partial charge in [0.1, 0.15) is 5.75 Å². The molecule has 0 spiro atoms. The molecule has 0 bridgehead atoms. The molecule has 0 amide bonds. The standard InChI is InChI=1S/C19H22O3/c1-13-3-8-17(9-4-13)22-18-10-7-14-11-16(19(20)21-2)6-5-15(14)12-18/h5-7,10-13,17H,3-4,8-9H2,1-2H3. The van der Waals surface area contributed by atoms with Crippen LogP contribution in [0.1, 0.15) is 43.0 Å². The van der Waals surface area contributed by atoms with Crippen molar-refractivity contribution >= 4 is 16.7 Å². The third-order valence-electron chi connectivity index (χ3n) is 4.50. The number of benzene rings is 2. The van der Waals surface area contributed by atoms with E-state index in [2.05, 4.69) is 13.0 Å². The first-order chi connectivity index (χ1) is 10.7. The molecule has 2 aromatic carbocycles. The van der Waals surface area contributed by atoms with Crippen LogP contribution in [0.2, 0.25) is 0 Å². The number of carbonyl (C=O) groups excluding carboxylic acids is 1. The van der Waals surface area contributed by atoms with E-state index in [1.54, 1.807) is 6.07 Å². The molecule has 0 unspecified atom stereocenters. The van der Waals surface area contributed by atoms with E-state index in [4.69, 9.17) is 9.47 Å². The van der Waals surface area contributed by atoms with Gasteiger partial charge in [0, 0.05) is 0 Å². The van der Waals surface area contributed by atoms with Crippen molar-refractivity contribution in [2.24, 2.45) is 5.92 Å². The van der Waals surface area contributed by atoms with Crippen molar-refractivity contribution in [3.63, 3.8) is 0 Å². The van der Waals surface area contributed by atoms with E-state index in [-0.39, 0.29) is 5.97 Å². The van der Waals surface area contributed by atoms with Crippen molar-refractivity contribution in [3.8, 4) is 5.75 Å². The van der Waals surface area contributed by atoms with Gasteiger partial charge in [0.25, 0.3) is 0 Å². The average Bonchev–Trinajstić information content (AvgIpc) is 2.55. The Morgan fingerprint density at radius 3 is 2.41 bits per heavy atom. The molecule has 0 radical (unpaired) electrons. The maximum absolute atomic E-state index is 11.6. The molecule has 1 aliphatic carbocycles. The summed E-state index contributed by atoms with van der Waals surface area (Å²) in [4.78, 5) is 11.6. The van der Waals surface area contributed by atoms with E-state index in [0.29, 0.717) is 11.7 Å². The maximum Gasteiger partial charge on any atom is 0.337 e. The fourth-order valence-electron chi connectivity index (χ4n) is 3.08. The number of ether oxygens (including phenoxy) is 2. The highest BCUT2D eigenvalue weighted by Crippen LogP contribution is 2.29.